The molecule has 1 aliphatic heterocycles. The van der Waals surface area contributed by atoms with Gasteiger partial charge in [-0.15, -0.1) is 0 Å². The van der Waals surface area contributed by atoms with E-state index in [9.17, 15) is 9.59 Å². The predicted molar refractivity (Wildman–Crippen MR) is 72.6 cm³/mol. The van der Waals surface area contributed by atoms with Crippen LogP contribution in [0.3, 0.4) is 0 Å². The topological polar surface area (TPSA) is 75.9 Å². The summed E-state index contributed by atoms with van der Waals surface area (Å²) in [4.78, 5) is 27.1. The van der Waals surface area contributed by atoms with Crippen molar-refractivity contribution in [3.63, 3.8) is 0 Å². The smallest absolute Gasteiger partial charge is 0.409 e. The van der Waals surface area contributed by atoms with Crippen molar-refractivity contribution in [3.8, 4) is 0 Å². The summed E-state index contributed by atoms with van der Waals surface area (Å²) in [6, 6.07) is 0. The molecular formula is C13H25N3O3. The first-order chi connectivity index (χ1) is 8.99. The zero-order chi connectivity index (χ0) is 14.4. The van der Waals surface area contributed by atoms with Gasteiger partial charge in [-0.2, -0.15) is 0 Å². The Labute approximate surface area is 114 Å². The van der Waals surface area contributed by atoms with E-state index >= 15 is 0 Å². The van der Waals surface area contributed by atoms with E-state index in [1.807, 2.05) is 0 Å². The Kier molecular flexibility index (Phi) is 6.08. The lowest BCUT2D eigenvalue weighted by Crippen LogP contribution is -2.52. The minimum absolute atomic E-state index is 0.107. The SMILES string of the molecule is COC(=O)N1CCN(C(=O)C(CN)CC(C)C)CC1. The molecule has 0 spiro atoms. The Morgan fingerprint density at radius 1 is 1.16 bits per heavy atom. The van der Waals surface area contributed by atoms with Gasteiger partial charge in [-0.1, -0.05) is 13.8 Å². The van der Waals surface area contributed by atoms with Crippen LogP contribution >= 0.6 is 0 Å². The van der Waals surface area contributed by atoms with Crippen molar-refractivity contribution in [2.75, 3.05) is 39.8 Å². The van der Waals surface area contributed by atoms with E-state index in [2.05, 4.69) is 18.6 Å². The summed E-state index contributed by atoms with van der Waals surface area (Å²) in [6.07, 6.45) is 0.483. The molecule has 1 rings (SSSR count). The molecular weight excluding hydrogens is 246 g/mol. The van der Waals surface area contributed by atoms with Crippen LogP contribution in [-0.2, 0) is 9.53 Å². The highest BCUT2D eigenvalue weighted by molar-refractivity contribution is 5.79. The second kappa shape index (κ2) is 7.33. The Morgan fingerprint density at radius 2 is 1.68 bits per heavy atom. The summed E-state index contributed by atoms with van der Waals surface area (Å²) in [5.41, 5.74) is 5.69. The average molecular weight is 271 g/mol. The first-order valence-electron chi connectivity index (χ1n) is 6.81. The Bertz CT molecular complexity index is 312. The molecule has 2 amide bonds. The monoisotopic (exact) mass is 271 g/mol. The summed E-state index contributed by atoms with van der Waals surface area (Å²) >= 11 is 0. The molecule has 19 heavy (non-hydrogen) atoms. The third kappa shape index (κ3) is 4.38. The average Bonchev–Trinajstić information content (AvgIpc) is 2.43. The van der Waals surface area contributed by atoms with E-state index < -0.39 is 0 Å². The van der Waals surface area contributed by atoms with Crippen LogP contribution in [0, 0.1) is 11.8 Å². The van der Waals surface area contributed by atoms with Crippen molar-refractivity contribution < 1.29 is 14.3 Å². The van der Waals surface area contributed by atoms with Crippen molar-refractivity contribution in [2.24, 2.45) is 17.6 Å². The predicted octanol–water partition coefficient (Wildman–Crippen LogP) is 0.518. The normalized spacial score (nSPS) is 17.5. The maximum absolute atomic E-state index is 12.3. The van der Waals surface area contributed by atoms with Crippen molar-refractivity contribution in [1.82, 2.24) is 9.80 Å². The molecule has 1 unspecified atom stereocenters. The number of piperazine rings is 1. The van der Waals surface area contributed by atoms with Gasteiger partial charge in [0.15, 0.2) is 0 Å². The molecule has 0 aliphatic carbocycles. The van der Waals surface area contributed by atoms with Gasteiger partial charge in [0.25, 0.3) is 0 Å². The summed E-state index contributed by atoms with van der Waals surface area (Å²) < 4.78 is 4.67. The lowest BCUT2D eigenvalue weighted by atomic mass is 9.95. The maximum atomic E-state index is 12.3. The van der Waals surface area contributed by atoms with Gasteiger partial charge in [-0.25, -0.2) is 4.79 Å². The first-order valence-corrected chi connectivity index (χ1v) is 6.81. The third-order valence-electron chi connectivity index (χ3n) is 3.41. The Morgan fingerprint density at radius 3 is 2.11 bits per heavy atom. The van der Waals surface area contributed by atoms with E-state index in [-0.39, 0.29) is 17.9 Å². The van der Waals surface area contributed by atoms with Crippen LogP contribution in [0.25, 0.3) is 0 Å². The highest BCUT2D eigenvalue weighted by Gasteiger charge is 2.28. The molecule has 110 valence electrons. The molecule has 1 fully saturated rings. The van der Waals surface area contributed by atoms with Crippen molar-refractivity contribution in [1.29, 1.82) is 0 Å². The van der Waals surface area contributed by atoms with Gasteiger partial charge in [-0.05, 0) is 12.3 Å². The van der Waals surface area contributed by atoms with Crippen LogP contribution in [0.5, 0.6) is 0 Å². The molecule has 1 atom stereocenters. The Balaban J connectivity index is 2.49. The first kappa shape index (κ1) is 15.8. The molecule has 1 aliphatic rings. The lowest BCUT2D eigenvalue weighted by molar-refractivity contribution is -0.137. The van der Waals surface area contributed by atoms with E-state index in [1.165, 1.54) is 7.11 Å². The second-order valence-corrected chi connectivity index (χ2v) is 5.34. The van der Waals surface area contributed by atoms with Crippen LogP contribution in [0.4, 0.5) is 4.79 Å². The van der Waals surface area contributed by atoms with Gasteiger partial charge in [0.05, 0.1) is 13.0 Å². The molecule has 0 aromatic carbocycles. The van der Waals surface area contributed by atoms with Crippen molar-refractivity contribution in [3.05, 3.63) is 0 Å². The molecule has 6 heteroatoms. The summed E-state index contributed by atoms with van der Waals surface area (Å²) in [5, 5.41) is 0. The molecule has 6 nitrogen and oxygen atoms in total. The van der Waals surface area contributed by atoms with E-state index in [0.29, 0.717) is 38.6 Å². The summed E-state index contributed by atoms with van der Waals surface area (Å²) in [7, 11) is 1.37. The van der Waals surface area contributed by atoms with Crippen LogP contribution < -0.4 is 5.73 Å². The number of hydrogen-bond donors (Lipinski definition) is 1. The molecule has 0 saturated carbocycles. The fourth-order valence-electron chi connectivity index (χ4n) is 2.36. The number of carbonyl (C=O) groups excluding carboxylic acids is 2. The standard InChI is InChI=1S/C13H25N3O3/c1-10(2)8-11(9-14)12(17)15-4-6-16(7-5-15)13(18)19-3/h10-11H,4-9,14H2,1-3H3. The third-order valence-corrected chi connectivity index (χ3v) is 3.41. The molecule has 0 bridgehead atoms. The second-order valence-electron chi connectivity index (χ2n) is 5.34. The number of ether oxygens (including phenoxy) is 1. The van der Waals surface area contributed by atoms with Crippen molar-refractivity contribution >= 4 is 12.0 Å². The lowest BCUT2D eigenvalue weighted by Gasteiger charge is -2.35. The fourth-order valence-corrected chi connectivity index (χ4v) is 2.36. The van der Waals surface area contributed by atoms with E-state index in [4.69, 9.17) is 5.73 Å². The highest BCUT2D eigenvalue weighted by Crippen LogP contribution is 2.15. The van der Waals surface area contributed by atoms with E-state index in [0.717, 1.165) is 6.42 Å². The minimum atomic E-state index is -0.329. The zero-order valence-electron chi connectivity index (χ0n) is 12.1. The number of carbonyl (C=O) groups is 2. The number of nitrogens with two attached hydrogens (primary N) is 1. The van der Waals surface area contributed by atoms with Crippen LogP contribution in [0.15, 0.2) is 0 Å². The molecule has 0 aromatic rings. The maximum Gasteiger partial charge on any atom is 0.409 e. The van der Waals surface area contributed by atoms with Crippen LogP contribution in [0.1, 0.15) is 20.3 Å². The number of hydrogen-bond acceptors (Lipinski definition) is 4. The molecule has 0 aromatic heterocycles. The zero-order valence-corrected chi connectivity index (χ0v) is 12.1. The molecule has 1 heterocycles. The van der Waals surface area contributed by atoms with Gasteiger partial charge in [0, 0.05) is 32.7 Å². The summed E-state index contributed by atoms with van der Waals surface area (Å²) in [6.45, 7) is 6.73. The molecule has 2 N–H and O–H groups in total. The molecule has 0 radical (unpaired) electrons. The van der Waals surface area contributed by atoms with Gasteiger partial charge in [0.2, 0.25) is 5.91 Å². The Hall–Kier alpha value is -1.30. The van der Waals surface area contributed by atoms with Crippen molar-refractivity contribution in [2.45, 2.75) is 20.3 Å². The minimum Gasteiger partial charge on any atom is -0.453 e. The largest absolute Gasteiger partial charge is 0.453 e. The van der Waals surface area contributed by atoms with Crippen LogP contribution in [-0.4, -0.2) is 61.6 Å². The van der Waals surface area contributed by atoms with E-state index in [1.54, 1.807) is 9.80 Å². The number of methoxy groups -OCH3 is 1. The highest BCUT2D eigenvalue weighted by atomic mass is 16.5. The van der Waals surface area contributed by atoms with Gasteiger partial charge < -0.3 is 20.3 Å². The van der Waals surface area contributed by atoms with Gasteiger partial charge >= 0.3 is 6.09 Å². The quantitative estimate of drug-likeness (QED) is 0.808. The van der Waals surface area contributed by atoms with Gasteiger partial charge in [-0.3, -0.25) is 4.79 Å². The van der Waals surface area contributed by atoms with Crippen LogP contribution in [0.2, 0.25) is 0 Å². The summed E-state index contributed by atoms with van der Waals surface area (Å²) in [5.74, 6) is 0.458. The molecule has 1 saturated heterocycles. The fraction of sp³-hybridized carbons (Fsp3) is 0.846. The number of nitrogens with zero attached hydrogens (tertiary/aromatic N) is 2. The number of amides is 2. The number of rotatable bonds is 4. The van der Waals surface area contributed by atoms with Gasteiger partial charge in [0.1, 0.15) is 0 Å².